The molecule has 7 heteroatoms. The number of pyridine rings is 1. The van der Waals surface area contributed by atoms with E-state index in [2.05, 4.69) is 20.4 Å². The highest BCUT2D eigenvalue weighted by Crippen LogP contribution is 2.21. The Balaban J connectivity index is 1.72. The lowest BCUT2D eigenvalue weighted by atomic mass is 10.1. The fraction of sp³-hybridized carbons (Fsp3) is 0.278. The van der Waals surface area contributed by atoms with E-state index in [4.69, 9.17) is 16.3 Å². The Hall–Kier alpha value is -2.28. The van der Waals surface area contributed by atoms with E-state index in [-0.39, 0.29) is 5.91 Å². The monoisotopic (exact) mass is 358 g/mol. The van der Waals surface area contributed by atoms with Crippen LogP contribution in [0.15, 0.2) is 53.9 Å². The fourth-order valence-corrected chi connectivity index (χ4v) is 2.93. The van der Waals surface area contributed by atoms with Crippen molar-refractivity contribution in [2.75, 3.05) is 26.3 Å². The Morgan fingerprint density at radius 2 is 2.04 bits per heavy atom. The summed E-state index contributed by atoms with van der Waals surface area (Å²) < 4.78 is 5.39. The molecule has 1 aliphatic rings. The van der Waals surface area contributed by atoms with Gasteiger partial charge in [0.15, 0.2) is 0 Å². The number of nitrogens with zero attached hydrogens (tertiary/aromatic N) is 3. The number of halogens is 1. The van der Waals surface area contributed by atoms with Crippen molar-refractivity contribution in [3.63, 3.8) is 0 Å². The van der Waals surface area contributed by atoms with Gasteiger partial charge in [0.05, 0.1) is 19.4 Å². The Kier molecular flexibility index (Phi) is 6.11. The van der Waals surface area contributed by atoms with Gasteiger partial charge in [-0.1, -0.05) is 23.7 Å². The summed E-state index contributed by atoms with van der Waals surface area (Å²) in [7, 11) is 0. The Morgan fingerprint density at radius 3 is 2.76 bits per heavy atom. The lowest BCUT2D eigenvalue weighted by Crippen LogP contribution is -2.44. The smallest absolute Gasteiger partial charge is 0.262 e. The molecular formula is C18H19ClN4O2. The first-order chi connectivity index (χ1) is 12.2. The summed E-state index contributed by atoms with van der Waals surface area (Å²) >= 11 is 5.94. The number of nitrogens with one attached hydrogen (secondary N) is 1. The number of hydrogen-bond donors (Lipinski definition) is 1. The van der Waals surface area contributed by atoms with Crippen molar-refractivity contribution in [1.82, 2.24) is 15.3 Å². The van der Waals surface area contributed by atoms with Crippen molar-refractivity contribution >= 4 is 23.7 Å². The molecule has 2 heterocycles. The average Bonchev–Trinajstić information content (AvgIpc) is 2.64. The summed E-state index contributed by atoms with van der Waals surface area (Å²) in [6.45, 7) is 2.61. The van der Waals surface area contributed by atoms with Gasteiger partial charge in [0.2, 0.25) is 0 Å². The lowest BCUT2D eigenvalue weighted by Gasteiger charge is -2.33. The van der Waals surface area contributed by atoms with Crippen molar-refractivity contribution in [2.45, 2.75) is 6.04 Å². The third kappa shape index (κ3) is 4.85. The van der Waals surface area contributed by atoms with Gasteiger partial charge in [0.1, 0.15) is 6.04 Å². The average molecular weight is 359 g/mol. The van der Waals surface area contributed by atoms with Crippen molar-refractivity contribution in [3.8, 4) is 0 Å². The molecule has 1 fully saturated rings. The minimum Gasteiger partial charge on any atom is -0.379 e. The fourth-order valence-electron chi connectivity index (χ4n) is 2.73. The molecule has 1 aliphatic heterocycles. The highest BCUT2D eigenvalue weighted by molar-refractivity contribution is 6.30. The quantitative estimate of drug-likeness (QED) is 0.657. The molecule has 1 N–H and O–H groups in total. The van der Waals surface area contributed by atoms with Crippen molar-refractivity contribution in [2.24, 2.45) is 5.10 Å². The first-order valence-corrected chi connectivity index (χ1v) is 8.42. The van der Waals surface area contributed by atoms with E-state index in [0.717, 1.165) is 11.1 Å². The summed E-state index contributed by atoms with van der Waals surface area (Å²) in [5.41, 5.74) is 4.33. The number of hydrogen-bond acceptors (Lipinski definition) is 5. The van der Waals surface area contributed by atoms with Gasteiger partial charge < -0.3 is 4.74 Å². The van der Waals surface area contributed by atoms with Crippen LogP contribution in [0.3, 0.4) is 0 Å². The van der Waals surface area contributed by atoms with Gasteiger partial charge in [-0.15, -0.1) is 0 Å². The maximum Gasteiger partial charge on any atom is 0.262 e. The van der Waals surface area contributed by atoms with E-state index >= 15 is 0 Å². The van der Waals surface area contributed by atoms with Gasteiger partial charge in [-0.3, -0.25) is 14.7 Å². The van der Waals surface area contributed by atoms with Crippen LogP contribution in [0.4, 0.5) is 0 Å². The number of amides is 1. The molecule has 0 aliphatic carbocycles. The molecule has 6 nitrogen and oxygen atoms in total. The van der Waals surface area contributed by atoms with Crippen LogP contribution in [-0.4, -0.2) is 48.3 Å². The minimum atomic E-state index is -0.427. The third-order valence-corrected chi connectivity index (χ3v) is 4.15. The molecule has 1 aromatic heterocycles. The lowest BCUT2D eigenvalue weighted by molar-refractivity contribution is -0.128. The second-order valence-corrected chi connectivity index (χ2v) is 6.06. The van der Waals surface area contributed by atoms with Gasteiger partial charge in [0.25, 0.3) is 5.91 Å². The summed E-state index contributed by atoms with van der Waals surface area (Å²) in [6, 6.07) is 10.5. The summed E-state index contributed by atoms with van der Waals surface area (Å²) in [4.78, 5) is 18.9. The topological polar surface area (TPSA) is 66.8 Å². The van der Waals surface area contributed by atoms with E-state index in [9.17, 15) is 4.79 Å². The maximum atomic E-state index is 12.7. The van der Waals surface area contributed by atoms with Crippen LogP contribution >= 0.6 is 11.6 Å². The van der Waals surface area contributed by atoms with E-state index in [1.165, 1.54) is 0 Å². The second kappa shape index (κ2) is 8.71. The Labute approximate surface area is 151 Å². The van der Waals surface area contributed by atoms with Gasteiger partial charge in [-0.05, 0) is 35.4 Å². The van der Waals surface area contributed by atoms with E-state index < -0.39 is 6.04 Å². The van der Waals surface area contributed by atoms with Crippen molar-refractivity contribution in [3.05, 3.63) is 64.9 Å². The standard InChI is InChI=1S/C18H19ClN4O2/c19-16-3-1-2-14(12-16)13-21-22-18(24)17(15-4-6-20-7-5-15)23-8-10-25-11-9-23/h1-7,12-13,17H,8-11H2,(H,22,24). The molecule has 1 amide bonds. The molecule has 0 saturated carbocycles. The predicted molar refractivity (Wildman–Crippen MR) is 96.6 cm³/mol. The molecule has 1 saturated heterocycles. The van der Waals surface area contributed by atoms with Crippen molar-refractivity contribution in [1.29, 1.82) is 0 Å². The molecule has 1 atom stereocenters. The summed E-state index contributed by atoms with van der Waals surface area (Å²) in [5, 5.41) is 4.69. The van der Waals surface area contributed by atoms with Gasteiger partial charge >= 0.3 is 0 Å². The molecule has 130 valence electrons. The zero-order valence-electron chi connectivity index (χ0n) is 13.6. The zero-order valence-corrected chi connectivity index (χ0v) is 14.4. The SMILES string of the molecule is O=C(NN=Cc1cccc(Cl)c1)C(c1ccncc1)N1CCOCC1. The normalized spacial score (nSPS) is 16.7. The number of benzene rings is 1. The zero-order chi connectivity index (χ0) is 17.5. The Bertz CT molecular complexity index is 733. The maximum absolute atomic E-state index is 12.7. The Morgan fingerprint density at radius 1 is 1.28 bits per heavy atom. The van der Waals surface area contributed by atoms with Crippen LogP contribution in [-0.2, 0) is 9.53 Å². The number of aromatic nitrogens is 1. The predicted octanol–water partition coefficient (Wildman–Crippen LogP) is 2.26. The first kappa shape index (κ1) is 17.5. The molecular weight excluding hydrogens is 340 g/mol. The molecule has 0 spiro atoms. The van der Waals surface area contributed by atoms with Crippen LogP contribution in [0.2, 0.25) is 5.02 Å². The van der Waals surface area contributed by atoms with Gasteiger partial charge in [0, 0.05) is 30.5 Å². The second-order valence-electron chi connectivity index (χ2n) is 5.62. The highest BCUT2D eigenvalue weighted by Gasteiger charge is 2.28. The molecule has 0 bridgehead atoms. The van der Waals surface area contributed by atoms with E-state index in [1.54, 1.807) is 30.7 Å². The summed E-state index contributed by atoms with van der Waals surface area (Å²) in [5.74, 6) is -0.189. The third-order valence-electron chi connectivity index (χ3n) is 3.92. The first-order valence-electron chi connectivity index (χ1n) is 8.04. The van der Waals surface area contributed by atoms with E-state index in [0.29, 0.717) is 31.3 Å². The van der Waals surface area contributed by atoms with Crippen molar-refractivity contribution < 1.29 is 9.53 Å². The van der Waals surface area contributed by atoms with Crippen LogP contribution in [0.5, 0.6) is 0 Å². The van der Waals surface area contributed by atoms with Gasteiger partial charge in [-0.2, -0.15) is 5.10 Å². The number of rotatable bonds is 5. The number of ether oxygens (including phenoxy) is 1. The molecule has 3 rings (SSSR count). The highest BCUT2D eigenvalue weighted by atomic mass is 35.5. The van der Waals surface area contributed by atoms with Gasteiger partial charge in [-0.25, -0.2) is 5.43 Å². The van der Waals surface area contributed by atoms with Crippen LogP contribution in [0, 0.1) is 0 Å². The number of hydrazone groups is 1. The van der Waals surface area contributed by atoms with Crippen LogP contribution in [0.25, 0.3) is 0 Å². The molecule has 1 aromatic carbocycles. The van der Waals surface area contributed by atoms with E-state index in [1.807, 2.05) is 24.3 Å². The minimum absolute atomic E-state index is 0.189. The summed E-state index contributed by atoms with van der Waals surface area (Å²) in [6.07, 6.45) is 4.95. The largest absolute Gasteiger partial charge is 0.379 e. The van der Waals surface area contributed by atoms with Crippen LogP contribution in [0.1, 0.15) is 17.2 Å². The number of carbonyl (C=O) groups is 1. The van der Waals surface area contributed by atoms with Crippen LogP contribution < -0.4 is 5.43 Å². The molecule has 0 radical (unpaired) electrons. The number of morpholine rings is 1. The molecule has 25 heavy (non-hydrogen) atoms. The molecule has 1 unspecified atom stereocenters. The number of carbonyl (C=O) groups excluding carboxylic acids is 1. The molecule has 2 aromatic rings.